The monoisotopic (exact) mass is 423 g/mol. The lowest BCUT2D eigenvalue weighted by Gasteiger charge is -2.35. The van der Waals surface area contributed by atoms with Gasteiger partial charge in [-0.2, -0.15) is 17.9 Å². The molecular weight excluding hydrogens is 395 g/mol. The van der Waals surface area contributed by atoms with Gasteiger partial charge in [-0.3, -0.25) is 9.80 Å². The van der Waals surface area contributed by atoms with Crippen molar-refractivity contribution in [3.63, 3.8) is 0 Å². The Kier molecular flexibility index (Phi) is 6.08. The Morgan fingerprint density at radius 3 is 2.43 bits per heavy atom. The lowest BCUT2D eigenvalue weighted by molar-refractivity contribution is -0.137. The van der Waals surface area contributed by atoms with Crippen molar-refractivity contribution < 1.29 is 13.2 Å². The first-order chi connectivity index (χ1) is 14.3. The molecule has 7 nitrogen and oxygen atoms in total. The Morgan fingerprint density at radius 1 is 1.07 bits per heavy atom. The second-order valence-corrected chi connectivity index (χ2v) is 8.44. The fourth-order valence-electron chi connectivity index (χ4n) is 4.47. The number of rotatable bonds is 5. The van der Waals surface area contributed by atoms with E-state index in [4.69, 9.17) is 0 Å². The van der Waals surface area contributed by atoms with E-state index < -0.39 is 11.7 Å². The van der Waals surface area contributed by atoms with Crippen molar-refractivity contribution in [2.45, 2.75) is 44.1 Å². The fraction of sp³-hybridized carbons (Fsp3) is 0.650. The van der Waals surface area contributed by atoms with Crippen LogP contribution in [0.2, 0.25) is 0 Å². The molecule has 0 aliphatic carbocycles. The summed E-state index contributed by atoms with van der Waals surface area (Å²) >= 11 is 0. The van der Waals surface area contributed by atoms with Gasteiger partial charge in [0.25, 0.3) is 0 Å². The molecule has 2 aliphatic heterocycles. The van der Waals surface area contributed by atoms with Crippen LogP contribution in [0.15, 0.2) is 24.3 Å². The minimum Gasteiger partial charge on any atom is -0.306 e. The number of likely N-dealkylation sites (tertiary alicyclic amines) is 2. The molecule has 4 rings (SSSR count). The molecule has 2 aromatic rings. The van der Waals surface area contributed by atoms with E-state index in [1.165, 1.54) is 29.7 Å². The molecule has 0 N–H and O–H groups in total. The summed E-state index contributed by atoms with van der Waals surface area (Å²) < 4.78 is 39.9. The molecule has 0 saturated carbocycles. The third kappa shape index (κ3) is 4.65. The van der Waals surface area contributed by atoms with Gasteiger partial charge in [0.15, 0.2) is 5.82 Å². The van der Waals surface area contributed by atoms with Crippen LogP contribution in [0.3, 0.4) is 0 Å². The van der Waals surface area contributed by atoms with Gasteiger partial charge in [0.05, 0.1) is 17.8 Å². The Hall–Kier alpha value is -2.04. The Balaban J connectivity index is 1.38. The number of halogens is 3. The second-order valence-electron chi connectivity index (χ2n) is 8.44. The van der Waals surface area contributed by atoms with Crippen LogP contribution in [0.5, 0.6) is 0 Å². The molecule has 0 amide bonds. The molecule has 1 atom stereocenters. The van der Waals surface area contributed by atoms with Crippen molar-refractivity contribution in [3.8, 4) is 5.69 Å². The minimum absolute atomic E-state index is 0.419. The Labute approximate surface area is 174 Å². The Morgan fingerprint density at radius 2 is 1.77 bits per heavy atom. The van der Waals surface area contributed by atoms with Crippen LogP contribution in [0, 0.1) is 0 Å². The maximum Gasteiger partial charge on any atom is 0.416 e. The number of tetrazole rings is 1. The highest BCUT2D eigenvalue weighted by molar-refractivity contribution is 5.35. The third-order valence-electron chi connectivity index (χ3n) is 6.39. The van der Waals surface area contributed by atoms with E-state index in [2.05, 4.69) is 44.3 Å². The SMILES string of the molecule is CN1CCC(N2CCC(N(C)Cc3nnnn3-c3ccc(C(F)(F)F)cc3)C2)CC1. The zero-order valence-electron chi connectivity index (χ0n) is 17.4. The van der Waals surface area contributed by atoms with E-state index in [1.807, 2.05) is 0 Å². The highest BCUT2D eigenvalue weighted by Crippen LogP contribution is 2.29. The van der Waals surface area contributed by atoms with Crippen molar-refractivity contribution in [3.05, 3.63) is 35.7 Å². The summed E-state index contributed by atoms with van der Waals surface area (Å²) in [5.41, 5.74) is -0.159. The third-order valence-corrected chi connectivity index (χ3v) is 6.39. The molecule has 0 radical (unpaired) electrons. The first kappa shape index (κ1) is 21.2. The van der Waals surface area contributed by atoms with Crippen molar-refractivity contribution in [1.82, 2.24) is 34.9 Å². The second kappa shape index (κ2) is 8.60. The van der Waals surface area contributed by atoms with E-state index >= 15 is 0 Å². The number of likely N-dealkylation sites (N-methyl/N-ethyl adjacent to an activating group) is 1. The number of hydrogen-bond acceptors (Lipinski definition) is 6. The van der Waals surface area contributed by atoms with Crippen molar-refractivity contribution >= 4 is 0 Å². The molecule has 0 bridgehead atoms. The van der Waals surface area contributed by atoms with Gasteiger partial charge >= 0.3 is 6.18 Å². The van der Waals surface area contributed by atoms with Crippen LogP contribution < -0.4 is 0 Å². The van der Waals surface area contributed by atoms with Crippen LogP contribution in [0.1, 0.15) is 30.7 Å². The summed E-state index contributed by atoms with van der Waals surface area (Å²) in [6.07, 6.45) is -0.812. The van der Waals surface area contributed by atoms with Crippen LogP contribution >= 0.6 is 0 Å². The van der Waals surface area contributed by atoms with Crippen molar-refractivity contribution in [2.75, 3.05) is 40.3 Å². The van der Waals surface area contributed by atoms with E-state index in [0.717, 1.165) is 44.7 Å². The Bertz CT molecular complexity index is 828. The number of aromatic nitrogens is 4. The average Bonchev–Trinajstić information content (AvgIpc) is 3.38. The molecule has 2 aliphatic rings. The molecule has 164 valence electrons. The van der Waals surface area contributed by atoms with Crippen LogP contribution in [0.25, 0.3) is 5.69 Å². The van der Waals surface area contributed by atoms with E-state index in [9.17, 15) is 13.2 Å². The van der Waals surface area contributed by atoms with Gasteiger partial charge in [-0.1, -0.05) is 0 Å². The normalized spacial score (nSPS) is 22.3. The summed E-state index contributed by atoms with van der Waals surface area (Å²) in [7, 11) is 4.24. The van der Waals surface area contributed by atoms with Crippen LogP contribution in [0.4, 0.5) is 13.2 Å². The van der Waals surface area contributed by atoms with Gasteiger partial charge < -0.3 is 4.90 Å². The lowest BCUT2D eigenvalue weighted by atomic mass is 10.0. The van der Waals surface area contributed by atoms with Crippen molar-refractivity contribution in [2.24, 2.45) is 0 Å². The highest BCUT2D eigenvalue weighted by atomic mass is 19.4. The smallest absolute Gasteiger partial charge is 0.306 e. The standard InChI is InChI=1S/C20H28F3N7/c1-27-10-7-16(8-11-27)29-12-9-18(13-29)28(2)14-19-24-25-26-30(19)17-5-3-15(4-6-17)20(21,22)23/h3-6,16,18H,7-14H2,1-2H3. The molecule has 1 unspecified atom stereocenters. The lowest BCUT2D eigenvalue weighted by Crippen LogP contribution is -2.44. The van der Waals surface area contributed by atoms with Gasteiger partial charge in [-0.25, -0.2) is 0 Å². The van der Waals surface area contributed by atoms with Gasteiger partial charge in [-0.05, 0) is 81.1 Å². The fourth-order valence-corrected chi connectivity index (χ4v) is 4.47. The highest BCUT2D eigenvalue weighted by Gasteiger charge is 2.33. The molecule has 10 heteroatoms. The molecule has 1 aromatic heterocycles. The van der Waals surface area contributed by atoms with E-state index in [-0.39, 0.29) is 0 Å². The summed E-state index contributed by atoms with van der Waals surface area (Å²) in [4.78, 5) is 7.24. The number of nitrogens with zero attached hydrogens (tertiary/aromatic N) is 7. The molecule has 1 aromatic carbocycles. The number of hydrogen-bond donors (Lipinski definition) is 0. The first-order valence-electron chi connectivity index (χ1n) is 10.4. The molecule has 30 heavy (non-hydrogen) atoms. The topological polar surface area (TPSA) is 53.3 Å². The first-order valence-corrected chi connectivity index (χ1v) is 10.4. The average molecular weight is 423 g/mol. The number of piperidine rings is 1. The number of alkyl halides is 3. The van der Waals surface area contributed by atoms with Crippen molar-refractivity contribution in [1.29, 1.82) is 0 Å². The zero-order valence-corrected chi connectivity index (χ0v) is 17.4. The summed E-state index contributed by atoms with van der Waals surface area (Å²) in [6, 6.07) is 6.00. The summed E-state index contributed by atoms with van der Waals surface area (Å²) in [6.45, 7) is 4.99. The molecule has 2 fully saturated rings. The molecule has 0 spiro atoms. The predicted molar refractivity (Wildman–Crippen MR) is 106 cm³/mol. The summed E-state index contributed by atoms with van der Waals surface area (Å²) in [5.74, 6) is 0.620. The molecule has 3 heterocycles. The number of benzene rings is 1. The maximum absolute atomic E-state index is 12.8. The zero-order chi connectivity index (χ0) is 21.3. The van der Waals surface area contributed by atoms with E-state index in [1.54, 1.807) is 0 Å². The molecular formula is C20H28F3N7. The minimum atomic E-state index is -4.36. The van der Waals surface area contributed by atoms with Crippen LogP contribution in [-0.4, -0.2) is 87.3 Å². The largest absolute Gasteiger partial charge is 0.416 e. The maximum atomic E-state index is 12.8. The van der Waals surface area contributed by atoms with Gasteiger partial charge in [0.2, 0.25) is 0 Å². The van der Waals surface area contributed by atoms with Gasteiger partial charge in [-0.15, -0.1) is 5.10 Å². The molecule has 2 saturated heterocycles. The van der Waals surface area contributed by atoms with Crippen LogP contribution in [-0.2, 0) is 12.7 Å². The van der Waals surface area contributed by atoms with Gasteiger partial charge in [0, 0.05) is 25.2 Å². The summed E-state index contributed by atoms with van der Waals surface area (Å²) in [5, 5.41) is 11.8. The van der Waals surface area contributed by atoms with E-state index in [0.29, 0.717) is 30.1 Å². The predicted octanol–water partition coefficient (Wildman–Crippen LogP) is 2.28. The quantitative estimate of drug-likeness (QED) is 0.736. The van der Waals surface area contributed by atoms with Gasteiger partial charge in [0.1, 0.15) is 0 Å².